The highest BCUT2D eigenvalue weighted by Crippen LogP contribution is 2.23. The lowest BCUT2D eigenvalue weighted by atomic mass is 9.87. The molecule has 0 bridgehead atoms. The van der Waals surface area contributed by atoms with Crippen molar-refractivity contribution in [2.24, 2.45) is 5.41 Å². The average Bonchev–Trinajstić information content (AvgIpc) is 2.05. The number of rotatable bonds is 3. The summed E-state index contributed by atoms with van der Waals surface area (Å²) in [6.45, 7) is 6.20. The van der Waals surface area contributed by atoms with Crippen LogP contribution in [0.1, 0.15) is 32.8 Å². The molecular weight excluding hydrogens is 191 g/mol. The van der Waals surface area contributed by atoms with Crippen molar-refractivity contribution in [3.8, 4) is 0 Å². The zero-order valence-electron chi connectivity index (χ0n) is 9.63. The van der Waals surface area contributed by atoms with Crippen LogP contribution in [0.3, 0.4) is 0 Å². The molecule has 0 aliphatic heterocycles. The van der Waals surface area contributed by atoms with Gasteiger partial charge in [0, 0.05) is 6.42 Å². The smallest absolute Gasteiger partial charge is 0.126 e. The number of aliphatic hydroxyl groups excluding tert-OH is 1. The highest BCUT2D eigenvalue weighted by molar-refractivity contribution is 5.18. The molecule has 0 amide bonds. The first-order chi connectivity index (χ1) is 6.88. The minimum atomic E-state index is -0.470. The molecule has 1 N–H and O–H groups in total. The van der Waals surface area contributed by atoms with E-state index in [4.69, 9.17) is 0 Å². The van der Waals surface area contributed by atoms with E-state index in [1.807, 2.05) is 0 Å². The third kappa shape index (κ3) is 4.43. The molecule has 0 fully saturated rings. The van der Waals surface area contributed by atoms with Crippen LogP contribution in [-0.2, 0) is 6.42 Å². The molecule has 1 unspecified atom stereocenters. The van der Waals surface area contributed by atoms with Gasteiger partial charge < -0.3 is 5.11 Å². The minimum Gasteiger partial charge on any atom is -0.393 e. The van der Waals surface area contributed by atoms with E-state index in [1.165, 1.54) is 6.07 Å². The van der Waals surface area contributed by atoms with Crippen molar-refractivity contribution in [1.29, 1.82) is 0 Å². The van der Waals surface area contributed by atoms with E-state index in [1.54, 1.807) is 18.2 Å². The molecule has 0 heterocycles. The minimum absolute atomic E-state index is 0.0741. The van der Waals surface area contributed by atoms with Crippen LogP contribution in [0, 0.1) is 11.2 Å². The van der Waals surface area contributed by atoms with E-state index in [2.05, 4.69) is 20.8 Å². The zero-order valence-corrected chi connectivity index (χ0v) is 9.63. The van der Waals surface area contributed by atoms with Crippen molar-refractivity contribution in [2.75, 3.05) is 0 Å². The number of hydrogen-bond donors (Lipinski definition) is 1. The van der Waals surface area contributed by atoms with E-state index in [0.717, 1.165) is 0 Å². The second-order valence-electron chi connectivity index (χ2n) is 5.21. The van der Waals surface area contributed by atoms with Crippen LogP contribution in [0.4, 0.5) is 4.39 Å². The van der Waals surface area contributed by atoms with Crippen molar-refractivity contribution in [1.82, 2.24) is 0 Å². The molecule has 0 saturated heterocycles. The van der Waals surface area contributed by atoms with Gasteiger partial charge in [-0.3, -0.25) is 0 Å². The molecule has 15 heavy (non-hydrogen) atoms. The molecule has 1 aromatic carbocycles. The Morgan fingerprint density at radius 1 is 1.27 bits per heavy atom. The number of halogens is 1. The summed E-state index contributed by atoms with van der Waals surface area (Å²) in [6.07, 6.45) is 0.604. The Hall–Kier alpha value is -0.890. The second-order valence-corrected chi connectivity index (χ2v) is 5.21. The monoisotopic (exact) mass is 210 g/mol. The topological polar surface area (TPSA) is 20.2 Å². The molecule has 0 radical (unpaired) electrons. The second kappa shape index (κ2) is 4.75. The number of hydrogen-bond acceptors (Lipinski definition) is 1. The van der Waals surface area contributed by atoms with Crippen LogP contribution in [0.5, 0.6) is 0 Å². The van der Waals surface area contributed by atoms with Crippen molar-refractivity contribution in [2.45, 2.75) is 39.7 Å². The fourth-order valence-electron chi connectivity index (χ4n) is 1.70. The van der Waals surface area contributed by atoms with E-state index in [9.17, 15) is 9.50 Å². The lowest BCUT2D eigenvalue weighted by molar-refractivity contribution is 0.120. The van der Waals surface area contributed by atoms with E-state index < -0.39 is 6.10 Å². The summed E-state index contributed by atoms with van der Waals surface area (Å²) < 4.78 is 13.3. The molecule has 1 atom stereocenters. The molecule has 1 rings (SSSR count). The van der Waals surface area contributed by atoms with Crippen molar-refractivity contribution in [3.05, 3.63) is 35.6 Å². The van der Waals surface area contributed by atoms with Crippen molar-refractivity contribution < 1.29 is 9.50 Å². The predicted octanol–water partition coefficient (Wildman–Crippen LogP) is 3.17. The number of benzene rings is 1. The SMILES string of the molecule is CC(C)(C)CC(O)Cc1ccccc1F. The lowest BCUT2D eigenvalue weighted by Crippen LogP contribution is -2.20. The van der Waals surface area contributed by atoms with Gasteiger partial charge in [-0.25, -0.2) is 4.39 Å². The molecule has 0 spiro atoms. The largest absolute Gasteiger partial charge is 0.393 e. The summed E-state index contributed by atoms with van der Waals surface area (Å²) in [5, 5.41) is 9.80. The first-order valence-corrected chi connectivity index (χ1v) is 5.30. The van der Waals surface area contributed by atoms with Gasteiger partial charge in [0.2, 0.25) is 0 Å². The van der Waals surface area contributed by atoms with Crippen LogP contribution in [0.15, 0.2) is 24.3 Å². The maximum absolute atomic E-state index is 13.3. The van der Waals surface area contributed by atoms with Crippen molar-refractivity contribution in [3.63, 3.8) is 0 Å². The average molecular weight is 210 g/mol. The summed E-state index contributed by atoms with van der Waals surface area (Å²) in [5.74, 6) is -0.231. The molecule has 1 nitrogen and oxygen atoms in total. The predicted molar refractivity (Wildman–Crippen MR) is 60.2 cm³/mol. The van der Waals surface area contributed by atoms with Gasteiger partial charge in [-0.15, -0.1) is 0 Å². The van der Waals surface area contributed by atoms with Crippen LogP contribution in [0.25, 0.3) is 0 Å². The first kappa shape index (κ1) is 12.2. The Bertz CT molecular complexity index is 315. The third-order valence-corrected chi connectivity index (χ3v) is 2.26. The molecule has 1 aromatic rings. The highest BCUT2D eigenvalue weighted by Gasteiger charge is 2.17. The van der Waals surface area contributed by atoms with Crippen molar-refractivity contribution >= 4 is 0 Å². The van der Waals surface area contributed by atoms with Gasteiger partial charge >= 0.3 is 0 Å². The standard InChI is InChI=1S/C13H19FO/c1-13(2,3)9-11(15)8-10-6-4-5-7-12(10)14/h4-7,11,15H,8-9H2,1-3H3. The van der Waals surface area contributed by atoms with Gasteiger partial charge in [0.25, 0.3) is 0 Å². The quantitative estimate of drug-likeness (QED) is 0.812. The molecule has 0 saturated carbocycles. The normalized spacial score (nSPS) is 13.9. The number of aliphatic hydroxyl groups is 1. The van der Waals surface area contributed by atoms with Gasteiger partial charge in [-0.05, 0) is 23.5 Å². The molecule has 0 aliphatic carbocycles. The molecule has 0 aromatic heterocycles. The fraction of sp³-hybridized carbons (Fsp3) is 0.538. The molecule has 84 valence electrons. The third-order valence-electron chi connectivity index (χ3n) is 2.26. The molecule has 2 heteroatoms. The van der Waals surface area contributed by atoms with E-state index in [-0.39, 0.29) is 11.2 Å². The Labute approximate surface area is 90.9 Å². The summed E-state index contributed by atoms with van der Waals surface area (Å²) in [6, 6.07) is 6.61. The summed E-state index contributed by atoms with van der Waals surface area (Å²) >= 11 is 0. The van der Waals surface area contributed by atoms with Gasteiger partial charge in [0.1, 0.15) is 5.82 Å². The Balaban J connectivity index is 2.59. The molecular formula is C13H19FO. The van der Waals surface area contributed by atoms with Crippen LogP contribution in [-0.4, -0.2) is 11.2 Å². The maximum atomic E-state index is 13.3. The summed E-state index contributed by atoms with van der Waals surface area (Å²) in [4.78, 5) is 0. The fourth-order valence-corrected chi connectivity index (χ4v) is 1.70. The van der Waals surface area contributed by atoms with Gasteiger partial charge in [-0.1, -0.05) is 39.0 Å². The van der Waals surface area contributed by atoms with Crippen LogP contribution >= 0.6 is 0 Å². The molecule has 0 aliphatic rings. The maximum Gasteiger partial charge on any atom is 0.126 e. The van der Waals surface area contributed by atoms with E-state index >= 15 is 0 Å². The van der Waals surface area contributed by atoms with Gasteiger partial charge in [-0.2, -0.15) is 0 Å². The Morgan fingerprint density at radius 3 is 2.40 bits per heavy atom. The van der Waals surface area contributed by atoms with Gasteiger partial charge in [0.05, 0.1) is 6.10 Å². The Kier molecular flexibility index (Phi) is 3.86. The van der Waals surface area contributed by atoms with Crippen LogP contribution < -0.4 is 0 Å². The summed E-state index contributed by atoms with van der Waals surface area (Å²) in [5.41, 5.74) is 0.666. The zero-order chi connectivity index (χ0) is 11.5. The Morgan fingerprint density at radius 2 is 1.87 bits per heavy atom. The lowest BCUT2D eigenvalue weighted by Gasteiger charge is -2.22. The summed E-state index contributed by atoms with van der Waals surface area (Å²) in [7, 11) is 0. The van der Waals surface area contributed by atoms with E-state index in [0.29, 0.717) is 18.4 Å². The first-order valence-electron chi connectivity index (χ1n) is 5.30. The highest BCUT2D eigenvalue weighted by atomic mass is 19.1. The van der Waals surface area contributed by atoms with Crippen LogP contribution in [0.2, 0.25) is 0 Å². The van der Waals surface area contributed by atoms with Gasteiger partial charge in [0.15, 0.2) is 0 Å².